The Labute approximate surface area is 125 Å². The Morgan fingerprint density at radius 2 is 1.76 bits per heavy atom. The van der Waals surface area contributed by atoms with Gasteiger partial charge in [-0.15, -0.1) is 0 Å². The van der Waals surface area contributed by atoms with Crippen molar-refractivity contribution in [2.24, 2.45) is 5.92 Å². The van der Waals surface area contributed by atoms with Crippen LogP contribution in [0.2, 0.25) is 0 Å². The van der Waals surface area contributed by atoms with Crippen molar-refractivity contribution in [3.63, 3.8) is 0 Å². The lowest BCUT2D eigenvalue weighted by Gasteiger charge is -2.11. The van der Waals surface area contributed by atoms with Crippen molar-refractivity contribution in [2.75, 3.05) is 13.2 Å². The van der Waals surface area contributed by atoms with E-state index in [9.17, 15) is 13.2 Å². The molecule has 1 aromatic rings. The molecule has 6 nitrogen and oxygen atoms in total. The number of benzene rings is 1. The molecule has 0 bridgehead atoms. The van der Waals surface area contributed by atoms with E-state index in [1.165, 1.54) is 24.3 Å². The van der Waals surface area contributed by atoms with E-state index in [1.54, 1.807) is 13.8 Å². The highest BCUT2D eigenvalue weighted by Crippen LogP contribution is 2.11. The van der Waals surface area contributed by atoms with Crippen molar-refractivity contribution in [3.05, 3.63) is 29.8 Å². The monoisotopic (exact) mass is 314 g/mol. The van der Waals surface area contributed by atoms with Crippen LogP contribution < -0.4 is 10.0 Å². The van der Waals surface area contributed by atoms with E-state index >= 15 is 0 Å². The first kappa shape index (κ1) is 17.6. The fraction of sp³-hybridized carbons (Fsp3) is 0.500. The first-order valence-electron chi connectivity index (χ1n) is 6.77. The molecule has 1 amide bonds. The van der Waals surface area contributed by atoms with Crippen molar-refractivity contribution in [3.8, 4) is 0 Å². The van der Waals surface area contributed by atoms with Gasteiger partial charge < -0.3 is 10.4 Å². The average Bonchev–Trinajstić information content (AvgIpc) is 2.43. The summed E-state index contributed by atoms with van der Waals surface area (Å²) in [5.74, 6) is -0.320. The molecule has 1 atom stereocenters. The summed E-state index contributed by atoms with van der Waals surface area (Å²) in [6.07, 6.45) is 0. The SMILES string of the molecule is CC(CO)CNC(=O)c1ccc(S(=O)(=O)NC(C)C)cc1. The summed E-state index contributed by atoms with van der Waals surface area (Å²) in [5, 5.41) is 11.6. The van der Waals surface area contributed by atoms with Crippen LogP contribution in [-0.2, 0) is 10.0 Å². The Bertz CT molecular complexity index is 567. The Morgan fingerprint density at radius 3 is 2.24 bits per heavy atom. The summed E-state index contributed by atoms with van der Waals surface area (Å²) in [4.78, 5) is 12.0. The van der Waals surface area contributed by atoms with Gasteiger partial charge in [0.05, 0.1) is 4.90 Å². The van der Waals surface area contributed by atoms with Crippen LogP contribution in [0, 0.1) is 5.92 Å². The van der Waals surface area contributed by atoms with Crippen LogP contribution in [0.1, 0.15) is 31.1 Å². The molecule has 7 heteroatoms. The van der Waals surface area contributed by atoms with Gasteiger partial charge in [-0.25, -0.2) is 13.1 Å². The lowest BCUT2D eigenvalue weighted by molar-refractivity contribution is 0.0942. The van der Waals surface area contributed by atoms with Crippen LogP contribution in [0.15, 0.2) is 29.2 Å². The summed E-state index contributed by atoms with van der Waals surface area (Å²) in [5.41, 5.74) is 0.378. The fourth-order valence-corrected chi connectivity index (χ4v) is 2.85. The van der Waals surface area contributed by atoms with Crippen LogP contribution in [0.5, 0.6) is 0 Å². The van der Waals surface area contributed by atoms with Gasteiger partial charge in [0, 0.05) is 24.8 Å². The summed E-state index contributed by atoms with van der Waals surface area (Å²) < 4.78 is 26.4. The first-order chi connectivity index (χ1) is 9.76. The molecule has 0 aliphatic rings. The van der Waals surface area contributed by atoms with Gasteiger partial charge >= 0.3 is 0 Å². The molecule has 21 heavy (non-hydrogen) atoms. The molecule has 1 unspecified atom stereocenters. The van der Waals surface area contributed by atoms with Crippen molar-refractivity contribution in [1.29, 1.82) is 0 Å². The van der Waals surface area contributed by atoms with Crippen molar-refractivity contribution >= 4 is 15.9 Å². The molecule has 0 saturated carbocycles. The first-order valence-corrected chi connectivity index (χ1v) is 8.26. The summed E-state index contributed by atoms with van der Waals surface area (Å²) in [6.45, 7) is 5.65. The minimum atomic E-state index is -3.55. The van der Waals surface area contributed by atoms with Gasteiger partial charge in [0.25, 0.3) is 5.91 Å². The molecule has 0 aliphatic carbocycles. The third-order valence-corrected chi connectivity index (χ3v) is 4.41. The summed E-state index contributed by atoms with van der Waals surface area (Å²) in [7, 11) is -3.55. The van der Waals surface area contributed by atoms with Gasteiger partial charge in [0.15, 0.2) is 0 Å². The molecule has 0 aromatic heterocycles. The number of aliphatic hydroxyl groups is 1. The van der Waals surface area contributed by atoms with Crippen molar-refractivity contribution in [1.82, 2.24) is 10.0 Å². The van der Waals surface area contributed by atoms with Crippen molar-refractivity contribution < 1.29 is 18.3 Å². The zero-order chi connectivity index (χ0) is 16.0. The van der Waals surface area contributed by atoms with E-state index in [0.29, 0.717) is 12.1 Å². The summed E-state index contributed by atoms with van der Waals surface area (Å²) in [6, 6.07) is 5.53. The fourth-order valence-electron chi connectivity index (χ4n) is 1.60. The molecule has 0 aliphatic heterocycles. The van der Waals surface area contributed by atoms with E-state index in [4.69, 9.17) is 5.11 Å². The maximum atomic E-state index is 11.9. The lowest BCUT2D eigenvalue weighted by Crippen LogP contribution is -2.31. The van der Waals surface area contributed by atoms with Crippen LogP contribution in [0.3, 0.4) is 0 Å². The highest BCUT2D eigenvalue weighted by Gasteiger charge is 2.16. The molecule has 0 saturated heterocycles. The molecular formula is C14H22N2O4S. The van der Waals surface area contributed by atoms with E-state index in [1.807, 2.05) is 6.92 Å². The largest absolute Gasteiger partial charge is 0.396 e. The molecule has 3 N–H and O–H groups in total. The molecule has 0 heterocycles. The topological polar surface area (TPSA) is 95.5 Å². The van der Waals surface area contributed by atoms with Gasteiger partial charge in [-0.1, -0.05) is 6.92 Å². The number of nitrogens with one attached hydrogen (secondary N) is 2. The molecular weight excluding hydrogens is 292 g/mol. The van der Waals surface area contributed by atoms with E-state index < -0.39 is 10.0 Å². The third kappa shape index (κ3) is 5.45. The summed E-state index contributed by atoms with van der Waals surface area (Å²) >= 11 is 0. The number of rotatable bonds is 7. The molecule has 0 fully saturated rings. The number of carbonyl (C=O) groups excluding carboxylic acids is 1. The smallest absolute Gasteiger partial charge is 0.251 e. The second-order valence-electron chi connectivity index (χ2n) is 5.30. The Balaban J connectivity index is 2.76. The number of aliphatic hydroxyl groups excluding tert-OH is 1. The zero-order valence-electron chi connectivity index (χ0n) is 12.5. The Hall–Kier alpha value is -1.44. The van der Waals surface area contributed by atoms with Crippen LogP contribution >= 0.6 is 0 Å². The highest BCUT2D eigenvalue weighted by molar-refractivity contribution is 7.89. The molecule has 1 aromatic carbocycles. The van der Waals surface area contributed by atoms with Gasteiger partial charge in [-0.2, -0.15) is 0 Å². The van der Waals surface area contributed by atoms with Crippen molar-refractivity contribution in [2.45, 2.75) is 31.7 Å². The van der Waals surface area contributed by atoms with Gasteiger partial charge in [0.1, 0.15) is 0 Å². The third-order valence-electron chi connectivity index (χ3n) is 2.74. The minimum absolute atomic E-state index is 0.00165. The molecule has 118 valence electrons. The van der Waals surface area contributed by atoms with Gasteiger partial charge in [-0.05, 0) is 44.0 Å². The predicted octanol–water partition coefficient (Wildman–Crippen LogP) is 0.731. The Kier molecular flexibility index (Phi) is 6.32. The Morgan fingerprint density at radius 1 is 1.19 bits per heavy atom. The lowest BCUT2D eigenvalue weighted by atomic mass is 10.2. The highest BCUT2D eigenvalue weighted by atomic mass is 32.2. The van der Waals surface area contributed by atoms with E-state index in [0.717, 1.165) is 0 Å². The van der Waals surface area contributed by atoms with Gasteiger partial charge in [0.2, 0.25) is 10.0 Å². The van der Waals surface area contributed by atoms with Gasteiger partial charge in [-0.3, -0.25) is 4.79 Å². The predicted molar refractivity (Wildman–Crippen MR) is 80.5 cm³/mol. The maximum Gasteiger partial charge on any atom is 0.251 e. The maximum absolute atomic E-state index is 11.9. The van der Waals surface area contributed by atoms with E-state index in [2.05, 4.69) is 10.0 Å². The van der Waals surface area contributed by atoms with Crippen LogP contribution in [0.4, 0.5) is 0 Å². The number of hydrogen-bond donors (Lipinski definition) is 3. The second kappa shape index (κ2) is 7.53. The normalized spacial score (nSPS) is 13.2. The second-order valence-corrected chi connectivity index (χ2v) is 7.01. The number of hydrogen-bond acceptors (Lipinski definition) is 4. The molecule has 1 rings (SSSR count). The van der Waals surface area contributed by atoms with Crippen LogP contribution in [0.25, 0.3) is 0 Å². The molecule has 0 spiro atoms. The minimum Gasteiger partial charge on any atom is -0.396 e. The zero-order valence-corrected chi connectivity index (χ0v) is 13.3. The quantitative estimate of drug-likeness (QED) is 0.691. The number of sulfonamides is 1. The standard InChI is InChI=1S/C14H22N2O4S/c1-10(2)16-21(19,20)13-6-4-12(5-7-13)14(18)15-8-11(3)9-17/h4-7,10-11,16-17H,8-9H2,1-3H3,(H,15,18). The number of carbonyl (C=O) groups is 1. The number of amides is 1. The molecule has 0 radical (unpaired) electrons. The van der Waals surface area contributed by atoms with Crippen LogP contribution in [-0.4, -0.2) is 38.6 Å². The van der Waals surface area contributed by atoms with E-state index in [-0.39, 0.29) is 29.4 Å². The average molecular weight is 314 g/mol.